The van der Waals surface area contributed by atoms with Crippen LogP contribution in [-0.2, 0) is 7.05 Å². The Labute approximate surface area is 71.1 Å². The molecule has 0 aliphatic heterocycles. The van der Waals surface area contributed by atoms with Crippen LogP contribution in [0.15, 0.2) is 24.4 Å². The van der Waals surface area contributed by atoms with Gasteiger partial charge in [0.1, 0.15) is 5.75 Å². The molecule has 0 unspecified atom stereocenters. The molecule has 0 saturated carbocycles. The molecule has 0 aliphatic rings. The maximum Gasteiger partial charge on any atom is 0.117 e. The van der Waals surface area contributed by atoms with Gasteiger partial charge >= 0.3 is 0 Å². The molecule has 2 heteroatoms. The topological polar surface area (TPSA) is 25.2 Å². The Morgan fingerprint density at radius 1 is 1.33 bits per heavy atom. The van der Waals surface area contributed by atoms with Crippen LogP contribution in [0, 0.1) is 6.92 Å². The van der Waals surface area contributed by atoms with E-state index >= 15 is 0 Å². The van der Waals surface area contributed by atoms with E-state index < -0.39 is 0 Å². The SMILES string of the molecule is Cc1cc(O)cc2c1ccn2C. The fourth-order valence-corrected chi connectivity index (χ4v) is 1.54. The van der Waals surface area contributed by atoms with E-state index in [0.29, 0.717) is 5.75 Å². The van der Waals surface area contributed by atoms with Crippen molar-refractivity contribution in [2.75, 3.05) is 0 Å². The molecule has 0 bridgehead atoms. The fraction of sp³-hybridized carbons (Fsp3) is 0.200. The predicted molar refractivity (Wildman–Crippen MR) is 49.3 cm³/mol. The summed E-state index contributed by atoms with van der Waals surface area (Å²) in [6.07, 6.45) is 2.00. The van der Waals surface area contributed by atoms with Gasteiger partial charge in [-0.2, -0.15) is 0 Å². The zero-order valence-corrected chi connectivity index (χ0v) is 7.20. The molecule has 0 atom stereocenters. The Bertz CT molecular complexity index is 429. The molecular weight excluding hydrogens is 150 g/mol. The lowest BCUT2D eigenvalue weighted by molar-refractivity contribution is 0.475. The van der Waals surface area contributed by atoms with E-state index in [4.69, 9.17) is 0 Å². The van der Waals surface area contributed by atoms with Gasteiger partial charge in [0, 0.05) is 24.7 Å². The standard InChI is InChI=1S/C10H11NO/c1-7-5-8(12)6-10-9(7)3-4-11(10)2/h3-6,12H,1-2H3. The highest BCUT2D eigenvalue weighted by atomic mass is 16.3. The van der Waals surface area contributed by atoms with Gasteiger partial charge in [-0.15, -0.1) is 0 Å². The molecule has 0 radical (unpaired) electrons. The number of benzene rings is 1. The van der Waals surface area contributed by atoms with Crippen molar-refractivity contribution in [3.8, 4) is 5.75 Å². The van der Waals surface area contributed by atoms with Crippen molar-refractivity contribution >= 4 is 10.9 Å². The largest absolute Gasteiger partial charge is 0.508 e. The lowest BCUT2D eigenvalue weighted by Gasteiger charge is -2.00. The van der Waals surface area contributed by atoms with Crippen molar-refractivity contribution in [1.82, 2.24) is 4.57 Å². The molecule has 1 aromatic carbocycles. The molecule has 0 amide bonds. The van der Waals surface area contributed by atoms with Gasteiger partial charge in [0.25, 0.3) is 0 Å². The Balaban J connectivity index is 2.92. The van der Waals surface area contributed by atoms with Crippen molar-refractivity contribution in [3.63, 3.8) is 0 Å². The summed E-state index contributed by atoms with van der Waals surface area (Å²) >= 11 is 0. The van der Waals surface area contributed by atoms with Crippen LogP contribution in [0.3, 0.4) is 0 Å². The van der Waals surface area contributed by atoms with E-state index in [9.17, 15) is 5.11 Å². The number of rotatable bonds is 0. The number of aromatic hydroxyl groups is 1. The Hall–Kier alpha value is -1.44. The molecule has 2 rings (SSSR count). The van der Waals surface area contributed by atoms with Crippen LogP contribution in [0.1, 0.15) is 5.56 Å². The fourth-order valence-electron chi connectivity index (χ4n) is 1.54. The summed E-state index contributed by atoms with van der Waals surface area (Å²) in [6, 6.07) is 5.62. The minimum Gasteiger partial charge on any atom is -0.508 e. The third-order valence-electron chi connectivity index (χ3n) is 2.19. The number of hydrogen-bond donors (Lipinski definition) is 1. The number of fused-ring (bicyclic) bond motifs is 1. The summed E-state index contributed by atoms with van der Waals surface area (Å²) in [5.41, 5.74) is 2.19. The third kappa shape index (κ3) is 0.881. The molecule has 62 valence electrons. The Kier molecular flexibility index (Phi) is 1.37. The number of aryl methyl sites for hydroxylation is 2. The van der Waals surface area contributed by atoms with Crippen molar-refractivity contribution in [2.24, 2.45) is 7.05 Å². The first-order valence-electron chi connectivity index (χ1n) is 3.93. The maximum absolute atomic E-state index is 9.34. The van der Waals surface area contributed by atoms with Crippen LogP contribution in [0.2, 0.25) is 0 Å². The van der Waals surface area contributed by atoms with Crippen LogP contribution in [0.4, 0.5) is 0 Å². The van der Waals surface area contributed by atoms with E-state index in [2.05, 4.69) is 6.07 Å². The van der Waals surface area contributed by atoms with Gasteiger partial charge < -0.3 is 9.67 Å². The summed E-state index contributed by atoms with van der Waals surface area (Å²) in [6.45, 7) is 2.00. The smallest absolute Gasteiger partial charge is 0.117 e. The number of hydrogen-bond acceptors (Lipinski definition) is 1. The molecule has 0 spiro atoms. The molecule has 1 aromatic heterocycles. The van der Waals surface area contributed by atoms with Crippen molar-refractivity contribution in [2.45, 2.75) is 6.92 Å². The summed E-state index contributed by atoms with van der Waals surface area (Å²) in [4.78, 5) is 0. The van der Waals surface area contributed by atoms with E-state index in [1.54, 1.807) is 12.1 Å². The van der Waals surface area contributed by atoms with Crippen molar-refractivity contribution < 1.29 is 5.11 Å². The molecule has 0 saturated heterocycles. The number of aromatic nitrogens is 1. The first-order chi connectivity index (χ1) is 5.68. The second-order valence-corrected chi connectivity index (χ2v) is 3.12. The Morgan fingerprint density at radius 3 is 2.83 bits per heavy atom. The highest BCUT2D eigenvalue weighted by Gasteiger charge is 2.01. The average molecular weight is 161 g/mol. The molecule has 1 N–H and O–H groups in total. The summed E-state index contributed by atoms with van der Waals surface area (Å²) in [7, 11) is 1.97. The van der Waals surface area contributed by atoms with Crippen LogP contribution < -0.4 is 0 Å². The summed E-state index contributed by atoms with van der Waals surface area (Å²) in [5, 5.41) is 10.5. The quantitative estimate of drug-likeness (QED) is 0.629. The van der Waals surface area contributed by atoms with Crippen molar-refractivity contribution in [3.05, 3.63) is 30.0 Å². The van der Waals surface area contributed by atoms with Crippen LogP contribution in [0.5, 0.6) is 5.75 Å². The number of nitrogens with zero attached hydrogens (tertiary/aromatic N) is 1. The van der Waals surface area contributed by atoms with Crippen LogP contribution >= 0.6 is 0 Å². The van der Waals surface area contributed by atoms with Gasteiger partial charge in [0.15, 0.2) is 0 Å². The predicted octanol–water partition coefficient (Wildman–Crippen LogP) is 2.19. The monoisotopic (exact) mass is 161 g/mol. The van der Waals surface area contributed by atoms with E-state index in [0.717, 1.165) is 11.1 Å². The lowest BCUT2D eigenvalue weighted by Crippen LogP contribution is -1.84. The highest BCUT2D eigenvalue weighted by molar-refractivity contribution is 5.84. The third-order valence-corrected chi connectivity index (χ3v) is 2.19. The van der Waals surface area contributed by atoms with Gasteiger partial charge in [-0.3, -0.25) is 0 Å². The minimum absolute atomic E-state index is 0.335. The van der Waals surface area contributed by atoms with Gasteiger partial charge in [-0.25, -0.2) is 0 Å². The molecule has 2 aromatic rings. The molecule has 2 nitrogen and oxygen atoms in total. The van der Waals surface area contributed by atoms with Crippen LogP contribution in [0.25, 0.3) is 10.9 Å². The molecule has 12 heavy (non-hydrogen) atoms. The minimum atomic E-state index is 0.335. The summed E-state index contributed by atoms with van der Waals surface area (Å²) < 4.78 is 2.00. The zero-order chi connectivity index (χ0) is 8.72. The first kappa shape index (κ1) is 7.22. The molecular formula is C10H11NO. The van der Waals surface area contributed by atoms with Gasteiger partial charge in [-0.1, -0.05) is 0 Å². The second-order valence-electron chi connectivity index (χ2n) is 3.12. The lowest BCUT2D eigenvalue weighted by atomic mass is 10.1. The van der Waals surface area contributed by atoms with E-state index in [1.807, 2.05) is 24.7 Å². The molecule has 1 heterocycles. The normalized spacial score (nSPS) is 10.8. The maximum atomic E-state index is 9.34. The average Bonchev–Trinajstić information content (AvgIpc) is 2.33. The Morgan fingerprint density at radius 2 is 2.08 bits per heavy atom. The zero-order valence-electron chi connectivity index (χ0n) is 7.20. The number of phenols is 1. The van der Waals surface area contributed by atoms with Crippen molar-refractivity contribution in [1.29, 1.82) is 0 Å². The molecule has 0 aliphatic carbocycles. The van der Waals surface area contributed by atoms with Crippen LogP contribution in [-0.4, -0.2) is 9.67 Å². The van der Waals surface area contributed by atoms with Gasteiger partial charge in [-0.05, 0) is 24.6 Å². The highest BCUT2D eigenvalue weighted by Crippen LogP contribution is 2.24. The summed E-state index contributed by atoms with van der Waals surface area (Å²) in [5.74, 6) is 0.335. The van der Waals surface area contributed by atoms with E-state index in [-0.39, 0.29) is 0 Å². The van der Waals surface area contributed by atoms with Gasteiger partial charge in [0.05, 0.1) is 5.52 Å². The molecule has 0 fully saturated rings. The second kappa shape index (κ2) is 2.27. The van der Waals surface area contributed by atoms with Gasteiger partial charge in [0.2, 0.25) is 0 Å². The van der Waals surface area contributed by atoms with E-state index in [1.165, 1.54) is 5.39 Å². The number of phenolic OH excluding ortho intramolecular Hbond substituents is 1. The first-order valence-corrected chi connectivity index (χ1v) is 3.93.